The number of benzene rings is 1. The second-order valence-corrected chi connectivity index (χ2v) is 6.22. The second kappa shape index (κ2) is 6.02. The van der Waals surface area contributed by atoms with Gasteiger partial charge in [-0.05, 0) is 24.1 Å². The zero-order valence-corrected chi connectivity index (χ0v) is 12.0. The number of primary amides is 1. The van der Waals surface area contributed by atoms with Gasteiger partial charge in [-0.15, -0.1) is 0 Å². The highest BCUT2D eigenvalue weighted by Gasteiger charge is 2.25. The summed E-state index contributed by atoms with van der Waals surface area (Å²) >= 11 is 0. The minimum absolute atomic E-state index is 0.122. The van der Waals surface area contributed by atoms with Crippen LogP contribution in [0.15, 0.2) is 23.1 Å². The van der Waals surface area contributed by atoms with Gasteiger partial charge in [0.15, 0.2) is 0 Å². The van der Waals surface area contributed by atoms with Gasteiger partial charge < -0.3 is 10.8 Å². The zero-order chi connectivity index (χ0) is 15.5. The van der Waals surface area contributed by atoms with E-state index in [-0.39, 0.29) is 10.5 Å². The maximum absolute atomic E-state index is 12.3. The number of rotatable bonds is 6. The number of carboxylic acids is 1. The molecule has 8 heteroatoms. The van der Waals surface area contributed by atoms with E-state index >= 15 is 0 Å². The molecule has 0 bridgehead atoms. The molecule has 0 fully saturated rings. The van der Waals surface area contributed by atoms with Gasteiger partial charge in [0.2, 0.25) is 15.9 Å². The van der Waals surface area contributed by atoms with Gasteiger partial charge in [0.05, 0.1) is 17.0 Å². The fourth-order valence-electron chi connectivity index (χ4n) is 1.69. The fraction of sp³-hybridized carbons (Fsp3) is 0.333. The molecule has 7 nitrogen and oxygen atoms in total. The van der Waals surface area contributed by atoms with Crippen LogP contribution in [-0.4, -0.2) is 43.3 Å². The molecule has 1 aromatic rings. The van der Waals surface area contributed by atoms with Gasteiger partial charge in [-0.1, -0.05) is 13.0 Å². The summed E-state index contributed by atoms with van der Waals surface area (Å²) in [6, 6.07) is 3.89. The highest BCUT2D eigenvalue weighted by atomic mass is 32.2. The van der Waals surface area contributed by atoms with Crippen LogP contribution in [0.2, 0.25) is 0 Å². The van der Waals surface area contributed by atoms with Gasteiger partial charge in [0.1, 0.15) is 0 Å². The van der Waals surface area contributed by atoms with E-state index in [1.165, 1.54) is 19.2 Å². The molecular weight excluding hydrogens is 284 g/mol. The van der Waals surface area contributed by atoms with Crippen LogP contribution in [0.25, 0.3) is 0 Å². The van der Waals surface area contributed by atoms with Gasteiger partial charge in [-0.2, -0.15) is 4.31 Å². The van der Waals surface area contributed by atoms with Crippen LogP contribution in [0.1, 0.15) is 22.8 Å². The van der Waals surface area contributed by atoms with Crippen LogP contribution in [0, 0.1) is 0 Å². The normalized spacial score (nSPS) is 11.6. The van der Waals surface area contributed by atoms with Crippen molar-refractivity contribution >= 4 is 21.9 Å². The SMILES string of the molecule is CCc1ccc(C(=O)O)cc1S(=O)(=O)N(C)CC(N)=O. The summed E-state index contributed by atoms with van der Waals surface area (Å²) in [4.78, 5) is 21.7. The van der Waals surface area contributed by atoms with E-state index < -0.39 is 28.4 Å². The lowest BCUT2D eigenvalue weighted by Gasteiger charge is -2.18. The van der Waals surface area contributed by atoms with E-state index in [9.17, 15) is 18.0 Å². The molecule has 0 saturated heterocycles. The van der Waals surface area contributed by atoms with Crippen molar-refractivity contribution in [2.75, 3.05) is 13.6 Å². The molecule has 0 spiro atoms. The molecular formula is C12H16N2O5S. The van der Waals surface area contributed by atoms with Gasteiger partial charge in [-0.25, -0.2) is 13.2 Å². The highest BCUT2D eigenvalue weighted by Crippen LogP contribution is 2.21. The predicted molar refractivity (Wildman–Crippen MR) is 71.8 cm³/mol. The van der Waals surface area contributed by atoms with Crippen molar-refractivity contribution < 1.29 is 23.1 Å². The number of aryl methyl sites for hydroxylation is 1. The number of carbonyl (C=O) groups is 2. The van der Waals surface area contributed by atoms with Crippen molar-refractivity contribution in [2.45, 2.75) is 18.2 Å². The molecule has 1 aromatic carbocycles. The molecule has 0 heterocycles. The lowest BCUT2D eigenvalue weighted by Crippen LogP contribution is -2.35. The standard InChI is InChI=1S/C12H16N2O5S/c1-3-8-4-5-9(12(16)17)6-10(8)20(18,19)14(2)7-11(13)15/h4-6H,3,7H2,1-2H3,(H2,13,15)(H,16,17). The van der Waals surface area contributed by atoms with Crippen LogP contribution in [0.3, 0.4) is 0 Å². The van der Waals surface area contributed by atoms with Crippen LogP contribution in [-0.2, 0) is 21.2 Å². The second-order valence-electron chi connectivity index (χ2n) is 4.21. The average molecular weight is 300 g/mol. The Balaban J connectivity index is 3.38. The Kier molecular flexibility index (Phi) is 4.85. The molecule has 0 aliphatic heterocycles. The number of hydrogen-bond donors (Lipinski definition) is 2. The maximum atomic E-state index is 12.3. The minimum atomic E-state index is -3.96. The lowest BCUT2D eigenvalue weighted by atomic mass is 10.1. The third kappa shape index (κ3) is 3.34. The number of amides is 1. The molecule has 0 radical (unpaired) electrons. The average Bonchev–Trinajstić information content (AvgIpc) is 2.36. The number of carbonyl (C=O) groups excluding carboxylic acids is 1. The first-order valence-electron chi connectivity index (χ1n) is 5.81. The third-order valence-electron chi connectivity index (χ3n) is 2.76. The number of likely N-dealkylation sites (N-methyl/N-ethyl adjacent to an activating group) is 1. The monoisotopic (exact) mass is 300 g/mol. The summed E-state index contributed by atoms with van der Waals surface area (Å²) in [6.45, 7) is 1.28. The highest BCUT2D eigenvalue weighted by molar-refractivity contribution is 7.89. The summed E-state index contributed by atoms with van der Waals surface area (Å²) < 4.78 is 25.5. The summed E-state index contributed by atoms with van der Waals surface area (Å²) in [6.07, 6.45) is 0.416. The van der Waals surface area contributed by atoms with E-state index in [2.05, 4.69) is 0 Å². The smallest absolute Gasteiger partial charge is 0.335 e. The molecule has 0 saturated carbocycles. The minimum Gasteiger partial charge on any atom is -0.478 e. The van der Waals surface area contributed by atoms with Gasteiger partial charge in [0.25, 0.3) is 0 Å². The number of nitrogens with two attached hydrogens (primary N) is 1. The van der Waals surface area contributed by atoms with Crippen molar-refractivity contribution in [2.24, 2.45) is 5.73 Å². The van der Waals surface area contributed by atoms with E-state index in [4.69, 9.17) is 10.8 Å². The summed E-state index contributed by atoms with van der Waals surface area (Å²) in [7, 11) is -2.75. The van der Waals surface area contributed by atoms with E-state index in [1.807, 2.05) is 0 Å². The van der Waals surface area contributed by atoms with Crippen molar-refractivity contribution in [3.05, 3.63) is 29.3 Å². The lowest BCUT2D eigenvalue weighted by molar-refractivity contribution is -0.118. The van der Waals surface area contributed by atoms with Crippen LogP contribution < -0.4 is 5.73 Å². The van der Waals surface area contributed by atoms with Crippen LogP contribution >= 0.6 is 0 Å². The maximum Gasteiger partial charge on any atom is 0.335 e. The fourth-order valence-corrected chi connectivity index (χ4v) is 3.14. The molecule has 20 heavy (non-hydrogen) atoms. The molecule has 1 amide bonds. The number of hydrogen-bond acceptors (Lipinski definition) is 4. The predicted octanol–water partition coefficient (Wildman–Crippen LogP) is 0.0530. The Hall–Kier alpha value is -1.93. The largest absolute Gasteiger partial charge is 0.478 e. The Labute approximate surface area is 117 Å². The summed E-state index contributed by atoms with van der Waals surface area (Å²) in [5.74, 6) is -2.01. The molecule has 0 aliphatic carbocycles. The first-order chi connectivity index (χ1) is 9.20. The first kappa shape index (κ1) is 16.1. The number of carboxylic acid groups (broad SMARTS) is 1. The molecule has 1 rings (SSSR count). The van der Waals surface area contributed by atoms with Crippen molar-refractivity contribution in [3.8, 4) is 0 Å². The first-order valence-corrected chi connectivity index (χ1v) is 7.25. The molecule has 0 aromatic heterocycles. The van der Waals surface area contributed by atoms with Crippen LogP contribution in [0.4, 0.5) is 0 Å². The molecule has 0 atom stereocenters. The Morgan fingerprint density at radius 2 is 1.95 bits per heavy atom. The Morgan fingerprint density at radius 1 is 1.35 bits per heavy atom. The van der Waals surface area contributed by atoms with Crippen LogP contribution in [0.5, 0.6) is 0 Å². The molecule has 110 valence electrons. The molecule has 0 aliphatic rings. The molecule has 0 unspecified atom stereocenters. The van der Waals surface area contributed by atoms with Crippen molar-refractivity contribution in [1.82, 2.24) is 4.31 Å². The number of aromatic carboxylic acids is 1. The number of nitrogens with zero attached hydrogens (tertiary/aromatic N) is 1. The van der Waals surface area contributed by atoms with Gasteiger partial charge in [-0.3, -0.25) is 4.79 Å². The van der Waals surface area contributed by atoms with Gasteiger partial charge in [0, 0.05) is 7.05 Å². The zero-order valence-electron chi connectivity index (χ0n) is 11.2. The third-order valence-corrected chi connectivity index (χ3v) is 4.65. The quantitative estimate of drug-likeness (QED) is 0.769. The number of sulfonamides is 1. The summed E-state index contributed by atoms with van der Waals surface area (Å²) in [5, 5.41) is 8.94. The van der Waals surface area contributed by atoms with Crippen molar-refractivity contribution in [3.63, 3.8) is 0 Å². The Morgan fingerprint density at radius 3 is 2.40 bits per heavy atom. The van der Waals surface area contributed by atoms with E-state index in [0.717, 1.165) is 10.4 Å². The topological polar surface area (TPSA) is 118 Å². The van der Waals surface area contributed by atoms with E-state index in [0.29, 0.717) is 12.0 Å². The van der Waals surface area contributed by atoms with E-state index in [1.54, 1.807) is 6.92 Å². The summed E-state index contributed by atoms with van der Waals surface area (Å²) in [5.41, 5.74) is 5.32. The Bertz CT molecular complexity index is 639. The molecule has 3 N–H and O–H groups in total. The van der Waals surface area contributed by atoms with Gasteiger partial charge >= 0.3 is 5.97 Å². The van der Waals surface area contributed by atoms with Crippen molar-refractivity contribution in [1.29, 1.82) is 0 Å².